The summed E-state index contributed by atoms with van der Waals surface area (Å²) < 4.78 is 8.51. The van der Waals surface area contributed by atoms with Crippen LogP contribution in [-0.2, 0) is 0 Å². The van der Waals surface area contributed by atoms with Crippen LogP contribution >= 0.6 is 0 Å². The summed E-state index contributed by atoms with van der Waals surface area (Å²) in [7, 11) is 0. The van der Waals surface area contributed by atoms with Crippen molar-refractivity contribution in [2.24, 2.45) is 0 Å². The largest absolute Gasteiger partial charge is 0.434 e. The molecule has 8 heteroatoms. The second kappa shape index (κ2) is 12.9. The molecule has 0 saturated carbocycles. The van der Waals surface area contributed by atoms with Crippen molar-refractivity contribution in [3.8, 4) is 62.2 Å². The minimum absolute atomic E-state index is 0.521. The molecule has 56 heavy (non-hydrogen) atoms. The highest BCUT2D eigenvalue weighted by Gasteiger charge is 2.18. The van der Waals surface area contributed by atoms with Gasteiger partial charge in [-0.25, -0.2) is 29.9 Å². The Hall–Kier alpha value is -7.84. The van der Waals surface area contributed by atoms with Crippen molar-refractivity contribution in [1.82, 2.24) is 34.5 Å². The number of fused-ring (bicyclic) bond motifs is 6. The summed E-state index contributed by atoms with van der Waals surface area (Å²) in [5.74, 6) is 1.80. The number of nitrogens with zero attached hydrogens (tertiary/aromatic N) is 7. The molecule has 0 saturated heterocycles. The summed E-state index contributed by atoms with van der Waals surface area (Å²) in [4.78, 5) is 28.8. The lowest BCUT2D eigenvalue weighted by atomic mass is 10.0. The second-order valence-corrected chi connectivity index (χ2v) is 13.6. The molecule has 0 bridgehead atoms. The molecule has 0 aliphatic heterocycles. The molecule has 0 unspecified atom stereocenters. The first kappa shape index (κ1) is 31.7. The van der Waals surface area contributed by atoms with E-state index in [9.17, 15) is 0 Å². The fourth-order valence-electron chi connectivity index (χ4n) is 7.54. The molecule has 0 aliphatic carbocycles. The summed E-state index contributed by atoms with van der Waals surface area (Å²) in [5, 5.41) is 3.29. The molecule has 0 radical (unpaired) electrons. The average Bonchev–Trinajstić information content (AvgIpc) is 3.83. The number of hydrogen-bond acceptors (Lipinski definition) is 7. The zero-order valence-corrected chi connectivity index (χ0v) is 29.8. The number of para-hydroxylation sites is 2. The van der Waals surface area contributed by atoms with Crippen molar-refractivity contribution in [2.45, 2.75) is 0 Å². The molecule has 0 amide bonds. The number of rotatable bonds is 6. The van der Waals surface area contributed by atoms with Crippen molar-refractivity contribution in [1.29, 1.82) is 0 Å². The van der Waals surface area contributed by atoms with Crippen LogP contribution in [0.15, 0.2) is 181 Å². The molecule has 262 valence electrons. The molecular weight excluding hydrogens is 691 g/mol. The number of benzene rings is 6. The van der Waals surface area contributed by atoms with E-state index < -0.39 is 0 Å². The van der Waals surface area contributed by atoms with E-state index in [1.165, 1.54) is 21.8 Å². The summed E-state index contributed by atoms with van der Waals surface area (Å²) in [6.07, 6.45) is 3.40. The summed E-state index contributed by atoms with van der Waals surface area (Å²) in [6.45, 7) is 0. The van der Waals surface area contributed by atoms with Gasteiger partial charge in [-0.15, -0.1) is 0 Å². The van der Waals surface area contributed by atoms with Crippen LogP contribution in [0.3, 0.4) is 0 Å². The molecule has 8 nitrogen and oxygen atoms in total. The number of pyridine rings is 1. The monoisotopic (exact) mass is 719 g/mol. The van der Waals surface area contributed by atoms with Gasteiger partial charge in [-0.2, -0.15) is 0 Å². The van der Waals surface area contributed by atoms with Crippen LogP contribution in [0.1, 0.15) is 0 Å². The molecule has 0 N–H and O–H groups in total. The Balaban J connectivity index is 0.961. The minimum Gasteiger partial charge on any atom is -0.434 e. The van der Waals surface area contributed by atoms with Crippen molar-refractivity contribution >= 4 is 44.0 Å². The molecule has 0 aliphatic rings. The maximum Gasteiger partial charge on any atom is 0.229 e. The zero-order chi connectivity index (χ0) is 37.0. The second-order valence-electron chi connectivity index (χ2n) is 13.6. The Morgan fingerprint density at radius 1 is 0.411 bits per heavy atom. The fraction of sp³-hybridized carbons (Fsp3) is 0. The highest BCUT2D eigenvalue weighted by Crippen LogP contribution is 2.36. The van der Waals surface area contributed by atoms with Gasteiger partial charge in [-0.05, 0) is 48.0 Å². The van der Waals surface area contributed by atoms with Gasteiger partial charge in [-0.1, -0.05) is 121 Å². The van der Waals surface area contributed by atoms with Gasteiger partial charge < -0.3 is 8.98 Å². The zero-order valence-electron chi connectivity index (χ0n) is 29.8. The summed E-state index contributed by atoms with van der Waals surface area (Å²) in [6, 6.07) is 55.8. The van der Waals surface area contributed by atoms with Gasteiger partial charge in [0.25, 0.3) is 0 Å². The first-order chi connectivity index (χ1) is 27.7. The third-order valence-corrected chi connectivity index (χ3v) is 10.3. The van der Waals surface area contributed by atoms with E-state index in [2.05, 4.69) is 111 Å². The maximum atomic E-state index is 6.20. The Morgan fingerprint density at radius 2 is 0.929 bits per heavy atom. The Labute approximate surface area is 320 Å². The van der Waals surface area contributed by atoms with Gasteiger partial charge in [0.1, 0.15) is 17.5 Å². The lowest BCUT2D eigenvalue weighted by Gasteiger charge is -2.11. The average molecular weight is 720 g/mol. The van der Waals surface area contributed by atoms with Gasteiger partial charge in [0.15, 0.2) is 23.1 Å². The molecule has 11 rings (SSSR count). The highest BCUT2D eigenvalue weighted by atomic mass is 16.3. The van der Waals surface area contributed by atoms with E-state index in [0.29, 0.717) is 28.8 Å². The normalized spacial score (nSPS) is 11.6. The SMILES string of the molecule is c1ccc(-c2nc(-c3ccc(-c4cnc5oc6c(-c7ccccc7)ncnc6c5c4)cc3)nc(-c3ccc(-n4c5ccccc5c5ccccc54)cc3)n2)cc1. The van der Waals surface area contributed by atoms with Crippen LogP contribution in [0.25, 0.3) is 106 Å². The molecule has 0 spiro atoms. The van der Waals surface area contributed by atoms with E-state index in [-0.39, 0.29) is 0 Å². The van der Waals surface area contributed by atoms with Crippen molar-refractivity contribution in [2.75, 3.05) is 0 Å². The first-order valence-corrected chi connectivity index (χ1v) is 18.4. The Morgan fingerprint density at radius 3 is 1.55 bits per heavy atom. The lowest BCUT2D eigenvalue weighted by Crippen LogP contribution is -2.00. The Bertz CT molecular complexity index is 3180. The van der Waals surface area contributed by atoms with Crippen molar-refractivity contribution in [3.05, 3.63) is 176 Å². The number of aromatic nitrogens is 7. The van der Waals surface area contributed by atoms with Crippen LogP contribution in [0.2, 0.25) is 0 Å². The topological polar surface area (TPSA) is 95.4 Å². The first-order valence-electron chi connectivity index (χ1n) is 18.4. The molecule has 0 fully saturated rings. The lowest BCUT2D eigenvalue weighted by molar-refractivity contribution is 0.652. The van der Waals surface area contributed by atoms with Crippen LogP contribution in [-0.4, -0.2) is 34.5 Å². The van der Waals surface area contributed by atoms with E-state index >= 15 is 0 Å². The summed E-state index contributed by atoms with van der Waals surface area (Å²) >= 11 is 0. The molecule has 0 atom stereocenters. The molecule has 11 aromatic rings. The van der Waals surface area contributed by atoms with Gasteiger partial charge in [0.05, 0.1) is 16.4 Å². The predicted molar refractivity (Wildman–Crippen MR) is 222 cm³/mol. The van der Waals surface area contributed by atoms with E-state index in [1.807, 2.05) is 79.0 Å². The fourth-order valence-corrected chi connectivity index (χ4v) is 7.54. The van der Waals surface area contributed by atoms with Crippen LogP contribution in [0, 0.1) is 0 Å². The van der Waals surface area contributed by atoms with Gasteiger partial charge in [-0.3, -0.25) is 0 Å². The Kier molecular flexibility index (Phi) is 7.31. The van der Waals surface area contributed by atoms with Crippen molar-refractivity contribution in [3.63, 3.8) is 0 Å². The van der Waals surface area contributed by atoms with Crippen molar-refractivity contribution < 1.29 is 4.42 Å². The summed E-state index contributed by atoms with van der Waals surface area (Å²) in [5.41, 5.74) is 11.6. The standard InChI is InChI=1S/C48H29N7O/c1-3-11-31(12-4-1)42-44-43(51-29-50-42)39-27-35(28-49-48(39)56-44)30-19-21-33(22-20-30)46-52-45(32-13-5-2-6-14-32)53-47(54-46)34-23-25-36(26-24-34)55-40-17-9-7-15-37(40)38-16-8-10-18-41(38)55/h1-29H. The van der Waals surface area contributed by atoms with E-state index in [4.69, 9.17) is 19.4 Å². The van der Waals surface area contributed by atoms with Crippen LogP contribution in [0.5, 0.6) is 0 Å². The van der Waals surface area contributed by atoms with E-state index in [1.54, 1.807) is 6.33 Å². The minimum atomic E-state index is 0.521. The van der Waals surface area contributed by atoms with Crippen LogP contribution in [0.4, 0.5) is 0 Å². The van der Waals surface area contributed by atoms with Gasteiger partial charge in [0.2, 0.25) is 5.71 Å². The molecular formula is C48H29N7O. The highest BCUT2D eigenvalue weighted by molar-refractivity contribution is 6.09. The third-order valence-electron chi connectivity index (χ3n) is 10.3. The third kappa shape index (κ3) is 5.31. The molecule has 6 aromatic carbocycles. The predicted octanol–water partition coefficient (Wildman–Crippen LogP) is 11.4. The molecule has 5 aromatic heterocycles. The maximum absolute atomic E-state index is 6.20. The quantitative estimate of drug-likeness (QED) is 0.169. The van der Waals surface area contributed by atoms with Crippen LogP contribution < -0.4 is 0 Å². The number of furan rings is 1. The molecule has 5 heterocycles. The van der Waals surface area contributed by atoms with Gasteiger partial charge in [0, 0.05) is 50.5 Å². The van der Waals surface area contributed by atoms with Gasteiger partial charge >= 0.3 is 0 Å². The number of hydrogen-bond donors (Lipinski definition) is 0. The smallest absolute Gasteiger partial charge is 0.229 e. The van der Waals surface area contributed by atoms with E-state index in [0.717, 1.165) is 55.7 Å².